The zero-order valence-electron chi connectivity index (χ0n) is 12.0. The van der Waals surface area contributed by atoms with Gasteiger partial charge in [0.15, 0.2) is 0 Å². The van der Waals surface area contributed by atoms with Crippen LogP contribution in [0, 0.1) is 0 Å². The Labute approximate surface area is 126 Å². The third-order valence-electron chi connectivity index (χ3n) is 2.64. The van der Waals surface area contributed by atoms with Crippen LogP contribution in [0.4, 0.5) is 13.6 Å². The van der Waals surface area contributed by atoms with Crippen molar-refractivity contribution in [2.75, 3.05) is 13.7 Å². The highest BCUT2D eigenvalue weighted by Crippen LogP contribution is 2.05. The van der Waals surface area contributed by atoms with Gasteiger partial charge in [-0.1, -0.05) is 30.3 Å². The van der Waals surface area contributed by atoms with Gasteiger partial charge in [0.05, 0.1) is 13.7 Å². The lowest BCUT2D eigenvalue weighted by atomic mass is 10.2. The average molecular weight is 317 g/mol. The molecule has 1 rings (SSSR count). The molecule has 1 amide bonds. The predicted molar refractivity (Wildman–Crippen MR) is 72.1 cm³/mol. The minimum atomic E-state index is -2.95. The number of alkyl carbamates (subject to hydrolysis) is 1. The summed E-state index contributed by atoms with van der Waals surface area (Å²) in [6, 6.07) is 7.77. The van der Waals surface area contributed by atoms with E-state index in [-0.39, 0.29) is 13.0 Å². The second-order valence-corrected chi connectivity index (χ2v) is 4.20. The lowest BCUT2D eigenvalue weighted by molar-refractivity contribution is -0.151. The van der Waals surface area contributed by atoms with Crippen LogP contribution in [0.25, 0.3) is 0 Å². The number of esters is 1. The van der Waals surface area contributed by atoms with Gasteiger partial charge in [-0.25, -0.2) is 9.59 Å². The summed E-state index contributed by atoms with van der Waals surface area (Å²) in [5.41, 5.74) is 0.761. The predicted octanol–water partition coefficient (Wildman–Crippen LogP) is 2.08. The Morgan fingerprint density at radius 1 is 1.23 bits per heavy atom. The first-order valence-electron chi connectivity index (χ1n) is 6.47. The molecule has 0 heterocycles. The van der Waals surface area contributed by atoms with E-state index in [2.05, 4.69) is 14.8 Å². The van der Waals surface area contributed by atoms with Crippen LogP contribution < -0.4 is 5.32 Å². The number of carbonyl (C=O) groups is 2. The van der Waals surface area contributed by atoms with Crippen molar-refractivity contribution in [1.82, 2.24) is 5.32 Å². The van der Waals surface area contributed by atoms with E-state index >= 15 is 0 Å². The first-order chi connectivity index (χ1) is 10.5. The van der Waals surface area contributed by atoms with Crippen LogP contribution in [0.15, 0.2) is 30.3 Å². The summed E-state index contributed by atoms with van der Waals surface area (Å²) in [4.78, 5) is 23.1. The molecule has 1 atom stereocenters. The Kier molecular flexibility index (Phi) is 7.84. The van der Waals surface area contributed by atoms with Crippen LogP contribution >= 0.6 is 0 Å². The van der Waals surface area contributed by atoms with E-state index in [0.29, 0.717) is 0 Å². The van der Waals surface area contributed by atoms with Crippen molar-refractivity contribution in [2.24, 2.45) is 0 Å². The first kappa shape index (κ1) is 17.8. The fraction of sp³-hybridized carbons (Fsp3) is 0.429. The molecular weight excluding hydrogens is 300 g/mol. The summed E-state index contributed by atoms with van der Waals surface area (Å²) in [5, 5.41) is 2.22. The molecule has 1 aromatic rings. The Bertz CT molecular complexity index is 470. The lowest BCUT2D eigenvalue weighted by Gasteiger charge is -2.17. The minimum Gasteiger partial charge on any atom is -0.459 e. The Hall–Kier alpha value is -2.22. The van der Waals surface area contributed by atoms with Gasteiger partial charge < -0.3 is 19.5 Å². The molecule has 1 aromatic carbocycles. The number of amides is 1. The van der Waals surface area contributed by atoms with E-state index in [0.717, 1.165) is 12.7 Å². The fourth-order valence-corrected chi connectivity index (χ4v) is 1.55. The number of carbonyl (C=O) groups excluding carboxylic acids is 2. The van der Waals surface area contributed by atoms with Gasteiger partial charge in [0.2, 0.25) is 0 Å². The number of hydrogen-bond donors (Lipinski definition) is 1. The van der Waals surface area contributed by atoms with Gasteiger partial charge >= 0.3 is 18.7 Å². The van der Waals surface area contributed by atoms with Crippen molar-refractivity contribution in [3.63, 3.8) is 0 Å². The van der Waals surface area contributed by atoms with Crippen molar-refractivity contribution in [1.29, 1.82) is 0 Å². The first-order valence-corrected chi connectivity index (χ1v) is 6.47. The summed E-state index contributed by atoms with van der Waals surface area (Å²) in [6.45, 7) is -3.35. The number of rotatable bonds is 8. The van der Waals surface area contributed by atoms with Gasteiger partial charge in [-0.15, -0.1) is 0 Å². The van der Waals surface area contributed by atoms with Crippen molar-refractivity contribution in [3.05, 3.63) is 35.9 Å². The second kappa shape index (κ2) is 9.67. The maximum Gasteiger partial charge on any atom is 0.407 e. The Balaban J connectivity index is 2.52. The molecule has 0 saturated heterocycles. The highest BCUT2D eigenvalue weighted by atomic mass is 19.3. The third-order valence-corrected chi connectivity index (χ3v) is 2.64. The fourth-order valence-electron chi connectivity index (χ4n) is 1.55. The van der Waals surface area contributed by atoms with Crippen molar-refractivity contribution in [2.45, 2.75) is 25.7 Å². The molecular formula is C14H17F2NO5. The normalized spacial score (nSPS) is 11.8. The van der Waals surface area contributed by atoms with E-state index in [4.69, 9.17) is 4.74 Å². The summed E-state index contributed by atoms with van der Waals surface area (Å²) >= 11 is 0. The summed E-state index contributed by atoms with van der Waals surface area (Å²) in [6.07, 6.45) is -1.02. The van der Waals surface area contributed by atoms with Crippen LogP contribution in [0.2, 0.25) is 0 Å². The average Bonchev–Trinajstić information content (AvgIpc) is 2.52. The Morgan fingerprint density at radius 2 is 1.91 bits per heavy atom. The molecule has 0 aliphatic heterocycles. The standard InChI is InChI=1S/C14H17F2NO5/c1-20-14(19)17-11(7-8-21-13(15)16)12(18)22-9-10-5-3-2-4-6-10/h2-6,11,13H,7-9H2,1H3,(H,17,19)/t11-/m0/s1. The van der Waals surface area contributed by atoms with Crippen molar-refractivity contribution >= 4 is 12.1 Å². The molecule has 0 saturated carbocycles. The van der Waals surface area contributed by atoms with Crippen LogP contribution in [0.1, 0.15) is 12.0 Å². The number of alkyl halides is 2. The molecule has 0 aliphatic carbocycles. The zero-order valence-corrected chi connectivity index (χ0v) is 12.0. The molecule has 0 aliphatic rings. The summed E-state index contributed by atoms with van der Waals surface area (Å²) in [5.74, 6) is -0.757. The van der Waals surface area contributed by atoms with E-state index < -0.39 is 31.3 Å². The number of hydrogen-bond acceptors (Lipinski definition) is 5. The maximum absolute atomic E-state index is 11.9. The smallest absolute Gasteiger partial charge is 0.407 e. The molecule has 0 radical (unpaired) electrons. The van der Waals surface area contributed by atoms with Gasteiger partial charge in [0, 0.05) is 6.42 Å². The SMILES string of the molecule is COC(=O)N[C@@H](CCOC(F)F)C(=O)OCc1ccccc1. The van der Waals surface area contributed by atoms with Crippen LogP contribution in [-0.2, 0) is 25.6 Å². The molecule has 0 spiro atoms. The molecule has 0 fully saturated rings. The number of benzene rings is 1. The van der Waals surface area contributed by atoms with Crippen molar-refractivity contribution in [3.8, 4) is 0 Å². The van der Waals surface area contributed by atoms with E-state index in [1.54, 1.807) is 24.3 Å². The van der Waals surface area contributed by atoms with Gasteiger partial charge in [0.25, 0.3) is 0 Å². The van der Waals surface area contributed by atoms with E-state index in [9.17, 15) is 18.4 Å². The molecule has 0 aromatic heterocycles. The minimum absolute atomic E-state index is 0.00866. The highest BCUT2D eigenvalue weighted by Gasteiger charge is 2.23. The van der Waals surface area contributed by atoms with Gasteiger partial charge in [0.1, 0.15) is 12.6 Å². The molecule has 0 unspecified atom stereocenters. The number of nitrogens with one attached hydrogen (secondary N) is 1. The van der Waals surface area contributed by atoms with Gasteiger partial charge in [-0.3, -0.25) is 0 Å². The molecule has 22 heavy (non-hydrogen) atoms. The van der Waals surface area contributed by atoms with Crippen molar-refractivity contribution < 1.29 is 32.6 Å². The quantitative estimate of drug-likeness (QED) is 0.743. The molecule has 122 valence electrons. The summed E-state index contributed by atoms with van der Waals surface area (Å²) in [7, 11) is 1.12. The molecule has 0 bridgehead atoms. The summed E-state index contributed by atoms with van der Waals surface area (Å²) < 4.78 is 37.4. The largest absolute Gasteiger partial charge is 0.459 e. The van der Waals surface area contributed by atoms with Crippen LogP contribution in [0.5, 0.6) is 0 Å². The third kappa shape index (κ3) is 6.98. The van der Waals surface area contributed by atoms with Crippen LogP contribution in [-0.4, -0.2) is 38.4 Å². The molecule has 1 N–H and O–H groups in total. The van der Waals surface area contributed by atoms with Gasteiger partial charge in [-0.2, -0.15) is 8.78 Å². The monoisotopic (exact) mass is 317 g/mol. The lowest BCUT2D eigenvalue weighted by Crippen LogP contribution is -2.42. The van der Waals surface area contributed by atoms with Gasteiger partial charge in [-0.05, 0) is 5.56 Å². The number of methoxy groups -OCH3 is 1. The topological polar surface area (TPSA) is 73.9 Å². The van der Waals surface area contributed by atoms with Crippen LogP contribution in [0.3, 0.4) is 0 Å². The zero-order chi connectivity index (χ0) is 16.4. The van der Waals surface area contributed by atoms with E-state index in [1.807, 2.05) is 6.07 Å². The van der Waals surface area contributed by atoms with E-state index in [1.165, 1.54) is 0 Å². The second-order valence-electron chi connectivity index (χ2n) is 4.20. The molecule has 6 nitrogen and oxygen atoms in total. The molecule has 8 heteroatoms. The number of ether oxygens (including phenoxy) is 3. The maximum atomic E-state index is 11.9. The Morgan fingerprint density at radius 3 is 2.50 bits per heavy atom. The number of halogens is 2. The highest BCUT2D eigenvalue weighted by molar-refractivity contribution is 5.81.